The number of hydrogen-bond acceptors (Lipinski definition) is 8. The van der Waals surface area contributed by atoms with Gasteiger partial charge in [-0.05, 0) is 50.6 Å². The van der Waals surface area contributed by atoms with E-state index in [-0.39, 0.29) is 12.3 Å². The van der Waals surface area contributed by atoms with Crippen molar-refractivity contribution in [2.75, 3.05) is 45.9 Å². The SMILES string of the molecule is CCOC(=O)C(C#N)=NO[P+](N1CCCC1)(N1CCCC1)N1CCCC1.F[P-](F)(F)(F)(F)F. The first-order chi connectivity index (χ1) is 15.2. The molecule has 0 atom stereocenters. The van der Waals surface area contributed by atoms with Crippen LogP contribution in [0.15, 0.2) is 5.16 Å². The molecule has 3 heterocycles. The summed E-state index contributed by atoms with van der Waals surface area (Å²) in [7, 11) is -13.0. The Labute approximate surface area is 189 Å². The summed E-state index contributed by atoms with van der Waals surface area (Å²) < 4.78 is 77.7. The minimum atomic E-state index is -10.7. The zero-order valence-electron chi connectivity index (χ0n) is 18.3. The van der Waals surface area contributed by atoms with Crippen LogP contribution < -0.4 is 0 Å². The van der Waals surface area contributed by atoms with Crippen LogP contribution in [0, 0.1) is 11.3 Å². The van der Waals surface area contributed by atoms with Gasteiger partial charge in [0.15, 0.2) is 0 Å². The molecule has 0 aromatic heterocycles. The molecular formula is C17H29F6N5O3P2. The van der Waals surface area contributed by atoms with Crippen molar-refractivity contribution in [1.82, 2.24) is 14.0 Å². The van der Waals surface area contributed by atoms with Gasteiger partial charge in [-0.25, -0.2) is 4.79 Å². The molecule has 3 fully saturated rings. The van der Waals surface area contributed by atoms with Crippen LogP contribution in [0.5, 0.6) is 0 Å². The third kappa shape index (κ3) is 9.13. The van der Waals surface area contributed by atoms with Crippen LogP contribution in [0.3, 0.4) is 0 Å². The van der Waals surface area contributed by atoms with E-state index in [1.165, 1.54) is 0 Å². The van der Waals surface area contributed by atoms with E-state index in [1.54, 1.807) is 6.92 Å². The van der Waals surface area contributed by atoms with Crippen LogP contribution in [-0.2, 0) is 14.2 Å². The van der Waals surface area contributed by atoms with E-state index in [4.69, 9.17) is 9.36 Å². The average molecular weight is 527 g/mol. The molecule has 3 saturated heterocycles. The predicted octanol–water partition coefficient (Wildman–Crippen LogP) is 5.79. The molecule has 0 aliphatic carbocycles. The standard InChI is InChI=1S/C17H29N5O3P.F6P/c1-2-24-17(23)16(15-18)19-25-26(20-9-3-4-10-20,21-11-5-6-12-21)22-13-7-8-14-22;1-7(2,3,4,5)6/h2-14H2,1H3;/q+1;-1. The Kier molecular flexibility index (Phi) is 8.62. The third-order valence-corrected chi connectivity index (χ3v) is 8.88. The molecule has 0 amide bonds. The zero-order valence-corrected chi connectivity index (χ0v) is 20.1. The Morgan fingerprint density at radius 1 is 0.879 bits per heavy atom. The Morgan fingerprint density at radius 2 is 1.21 bits per heavy atom. The first-order valence-electron chi connectivity index (χ1n) is 10.7. The normalized spacial score (nSPS) is 23.3. The van der Waals surface area contributed by atoms with Crippen LogP contribution in [0.4, 0.5) is 25.2 Å². The fraction of sp³-hybridized carbons (Fsp3) is 0.824. The molecule has 0 unspecified atom stereocenters. The molecule has 192 valence electrons. The Morgan fingerprint density at radius 3 is 1.48 bits per heavy atom. The van der Waals surface area contributed by atoms with E-state index in [0.717, 1.165) is 77.8 Å². The number of carbonyl (C=O) groups is 1. The zero-order chi connectivity index (χ0) is 24.8. The second kappa shape index (κ2) is 10.2. The number of nitriles is 1. The van der Waals surface area contributed by atoms with Crippen molar-refractivity contribution in [3.63, 3.8) is 0 Å². The van der Waals surface area contributed by atoms with Gasteiger partial charge < -0.3 is 4.74 Å². The Balaban J connectivity index is 0.000000479. The summed E-state index contributed by atoms with van der Waals surface area (Å²) in [6, 6.07) is 1.84. The molecule has 16 heteroatoms. The summed E-state index contributed by atoms with van der Waals surface area (Å²) in [5, 5.41) is 13.4. The maximum atomic E-state index is 12.0. The first-order valence-corrected chi connectivity index (χ1v) is 14.3. The molecule has 33 heavy (non-hydrogen) atoms. The molecule has 8 nitrogen and oxygen atoms in total. The van der Waals surface area contributed by atoms with Gasteiger partial charge in [-0.15, -0.1) is 14.0 Å². The number of nitrogens with zero attached hydrogens (tertiary/aromatic N) is 5. The van der Waals surface area contributed by atoms with Crippen LogP contribution in [0.25, 0.3) is 0 Å². The van der Waals surface area contributed by atoms with Crippen molar-refractivity contribution in [2.45, 2.75) is 45.4 Å². The topological polar surface area (TPSA) is 81.4 Å². The van der Waals surface area contributed by atoms with E-state index in [2.05, 4.69) is 19.2 Å². The van der Waals surface area contributed by atoms with Crippen LogP contribution in [-0.4, -0.2) is 71.6 Å². The van der Waals surface area contributed by atoms with Crippen molar-refractivity contribution in [3.8, 4) is 6.07 Å². The number of oxime groups is 1. The van der Waals surface area contributed by atoms with Gasteiger partial charge in [0.05, 0.1) is 6.61 Å². The quantitative estimate of drug-likeness (QED) is 0.136. The molecular weight excluding hydrogens is 498 g/mol. The fourth-order valence-corrected chi connectivity index (χ4v) is 7.96. The number of rotatable bonds is 7. The average Bonchev–Trinajstić information content (AvgIpc) is 3.47. The number of carbonyl (C=O) groups excluding carboxylic acids is 1. The molecule has 0 spiro atoms. The molecule has 0 aromatic rings. The first kappa shape index (κ1) is 28.0. The third-order valence-electron chi connectivity index (χ3n) is 5.17. The maximum absolute atomic E-state index is 12.0. The fourth-order valence-electron chi connectivity index (χ4n) is 3.97. The van der Waals surface area contributed by atoms with E-state index in [9.17, 15) is 35.2 Å². The van der Waals surface area contributed by atoms with Crippen molar-refractivity contribution in [3.05, 3.63) is 0 Å². The van der Waals surface area contributed by atoms with Gasteiger partial charge in [-0.3, -0.25) is 0 Å². The second-order valence-electron chi connectivity index (χ2n) is 7.81. The molecule has 0 N–H and O–H groups in total. The van der Waals surface area contributed by atoms with Gasteiger partial charge in [0.25, 0.3) is 5.71 Å². The van der Waals surface area contributed by atoms with Gasteiger partial charge in [0.2, 0.25) is 0 Å². The summed E-state index contributed by atoms with van der Waals surface area (Å²) in [5.74, 6) is -0.711. The summed E-state index contributed by atoms with van der Waals surface area (Å²) in [5.41, 5.74) is -0.297. The molecule has 0 aromatic carbocycles. The molecule has 0 radical (unpaired) electrons. The summed E-state index contributed by atoms with van der Waals surface area (Å²) >= 11 is 0. The monoisotopic (exact) mass is 527 g/mol. The van der Waals surface area contributed by atoms with Gasteiger partial charge in [-0.1, -0.05) is 0 Å². The van der Waals surface area contributed by atoms with Crippen molar-refractivity contribution in [2.24, 2.45) is 5.16 Å². The molecule has 0 bridgehead atoms. The van der Waals surface area contributed by atoms with E-state index < -0.39 is 21.7 Å². The van der Waals surface area contributed by atoms with E-state index in [0.29, 0.717) is 0 Å². The summed E-state index contributed by atoms with van der Waals surface area (Å²) in [4.78, 5) is 12.0. The van der Waals surface area contributed by atoms with Gasteiger partial charge in [0, 0.05) is 39.3 Å². The van der Waals surface area contributed by atoms with Crippen LogP contribution in [0.2, 0.25) is 0 Å². The molecule has 3 aliphatic heterocycles. The van der Waals surface area contributed by atoms with Gasteiger partial charge in [-0.2, -0.15) is 9.89 Å². The minimum absolute atomic E-state index is 0.212. The van der Waals surface area contributed by atoms with Crippen molar-refractivity contribution < 1.29 is 39.3 Å². The number of halogens is 6. The van der Waals surface area contributed by atoms with Crippen LogP contribution in [0.1, 0.15) is 45.4 Å². The Hall–Kier alpha value is -1.25. The van der Waals surface area contributed by atoms with Crippen LogP contribution >= 0.6 is 15.8 Å². The number of ether oxygens (including phenoxy) is 1. The number of hydrogen-bond donors (Lipinski definition) is 0. The van der Waals surface area contributed by atoms with E-state index in [1.807, 2.05) is 6.07 Å². The molecule has 3 rings (SSSR count). The molecule has 3 aliphatic rings. The predicted molar refractivity (Wildman–Crippen MR) is 114 cm³/mol. The molecule has 0 saturated carbocycles. The summed E-state index contributed by atoms with van der Waals surface area (Å²) in [6.07, 6.45) is 6.91. The second-order valence-corrected chi connectivity index (χ2v) is 12.6. The van der Waals surface area contributed by atoms with Crippen molar-refractivity contribution in [1.29, 1.82) is 5.26 Å². The van der Waals surface area contributed by atoms with Crippen molar-refractivity contribution >= 4 is 27.4 Å². The summed E-state index contributed by atoms with van der Waals surface area (Å²) in [6.45, 7) is 7.83. The van der Waals surface area contributed by atoms with Gasteiger partial charge >= 0.3 is 46.9 Å². The van der Waals surface area contributed by atoms with Gasteiger partial charge in [0.1, 0.15) is 6.07 Å². The number of esters is 1. The Bertz CT molecular complexity index is 707. The van der Waals surface area contributed by atoms with E-state index >= 15 is 0 Å².